The number of piperidine rings is 1. The van der Waals surface area contributed by atoms with Crippen LogP contribution in [0.3, 0.4) is 0 Å². The second kappa shape index (κ2) is 11.6. The summed E-state index contributed by atoms with van der Waals surface area (Å²) < 4.78 is 9.14. The van der Waals surface area contributed by atoms with Crippen LogP contribution in [0.1, 0.15) is 62.2 Å². The van der Waals surface area contributed by atoms with Gasteiger partial charge in [0.25, 0.3) is 5.91 Å². The molecule has 228 valence electrons. The first-order valence-corrected chi connectivity index (χ1v) is 14.6. The van der Waals surface area contributed by atoms with Crippen molar-refractivity contribution in [3.05, 3.63) is 53.6 Å². The SMILES string of the molecule is CCN(C(=O)OC(C)(C)C)C1CCN(c2ccc(C(=O)Nc3cc(CC(N)=O)c4nc(C)cn4c3)c3nn(C)cc23)CC1. The number of carbonyl (C=O) groups excluding carboxylic acids is 3. The van der Waals surface area contributed by atoms with E-state index in [0.29, 0.717) is 34.5 Å². The molecule has 3 aromatic heterocycles. The second-order valence-corrected chi connectivity index (χ2v) is 12.1. The molecule has 0 spiro atoms. The third-order valence-electron chi connectivity index (χ3n) is 7.60. The van der Waals surface area contributed by atoms with Crippen LogP contribution in [0.5, 0.6) is 0 Å². The highest BCUT2D eigenvalue weighted by molar-refractivity contribution is 6.14. The summed E-state index contributed by atoms with van der Waals surface area (Å²) in [7, 11) is 1.84. The van der Waals surface area contributed by atoms with Crippen molar-refractivity contribution in [1.82, 2.24) is 24.1 Å². The van der Waals surface area contributed by atoms with Gasteiger partial charge in [-0.15, -0.1) is 0 Å². The standard InChI is InChI=1S/C31H40N8O4/c1-7-39(30(42)43-31(3,4)5)22-10-12-37(13-11-22)25-9-8-23(27-24(25)18-36(6)35-27)29(41)34-21-14-20(15-26(32)40)28-33-19(2)16-38(28)17-21/h8-9,14,16-18,22H,7,10-13,15H2,1-6H3,(H2,32,40)(H,34,41). The van der Waals surface area contributed by atoms with Gasteiger partial charge in [0.2, 0.25) is 5.91 Å². The lowest BCUT2D eigenvalue weighted by Crippen LogP contribution is -2.48. The zero-order valence-electron chi connectivity index (χ0n) is 25.7. The third kappa shape index (κ3) is 6.42. The Morgan fingerprint density at radius 1 is 1.14 bits per heavy atom. The number of carbonyl (C=O) groups is 3. The van der Waals surface area contributed by atoms with E-state index in [1.165, 1.54) is 0 Å². The maximum atomic E-state index is 13.6. The van der Waals surface area contributed by atoms with Crippen molar-refractivity contribution in [2.45, 2.75) is 65.5 Å². The Morgan fingerprint density at radius 3 is 2.51 bits per heavy atom. The van der Waals surface area contributed by atoms with E-state index < -0.39 is 11.5 Å². The number of ether oxygens (including phenoxy) is 1. The molecule has 0 saturated carbocycles. The summed E-state index contributed by atoms with van der Waals surface area (Å²) in [6.45, 7) is 11.6. The highest BCUT2D eigenvalue weighted by atomic mass is 16.6. The molecule has 1 aromatic carbocycles. The lowest BCUT2D eigenvalue weighted by atomic mass is 10.0. The van der Waals surface area contributed by atoms with Crippen LogP contribution in [0.15, 0.2) is 36.8 Å². The van der Waals surface area contributed by atoms with Crippen LogP contribution in [0, 0.1) is 6.92 Å². The number of primary amides is 1. The molecule has 4 aromatic rings. The van der Waals surface area contributed by atoms with Gasteiger partial charge in [0, 0.05) is 68.0 Å². The molecule has 0 unspecified atom stereocenters. The number of rotatable bonds is 7. The Labute approximate surface area is 250 Å². The van der Waals surface area contributed by atoms with Crippen molar-refractivity contribution < 1.29 is 19.1 Å². The van der Waals surface area contributed by atoms with Gasteiger partial charge in [-0.05, 0) is 65.7 Å². The van der Waals surface area contributed by atoms with Crippen LogP contribution >= 0.6 is 0 Å². The van der Waals surface area contributed by atoms with Crippen molar-refractivity contribution >= 4 is 45.8 Å². The van der Waals surface area contributed by atoms with E-state index in [1.54, 1.807) is 27.4 Å². The summed E-state index contributed by atoms with van der Waals surface area (Å²) in [5.41, 5.74) is 9.53. The number of anilines is 2. The van der Waals surface area contributed by atoms with Crippen molar-refractivity contribution in [2.75, 3.05) is 29.9 Å². The van der Waals surface area contributed by atoms with Gasteiger partial charge in [-0.3, -0.25) is 14.3 Å². The first-order valence-electron chi connectivity index (χ1n) is 14.6. The number of aryl methyl sites for hydroxylation is 2. The van der Waals surface area contributed by atoms with Crippen molar-refractivity contribution in [3.8, 4) is 0 Å². The average molecular weight is 589 g/mol. The summed E-state index contributed by atoms with van der Waals surface area (Å²) in [6.07, 6.45) is 6.87. The molecule has 1 fully saturated rings. The summed E-state index contributed by atoms with van der Waals surface area (Å²) >= 11 is 0. The number of hydrogen-bond donors (Lipinski definition) is 2. The van der Waals surface area contributed by atoms with Gasteiger partial charge in [-0.2, -0.15) is 5.10 Å². The van der Waals surface area contributed by atoms with Gasteiger partial charge >= 0.3 is 6.09 Å². The van der Waals surface area contributed by atoms with E-state index >= 15 is 0 Å². The highest BCUT2D eigenvalue weighted by Crippen LogP contribution is 2.32. The van der Waals surface area contributed by atoms with Gasteiger partial charge in [0.1, 0.15) is 16.8 Å². The fraction of sp³-hybridized carbons (Fsp3) is 0.452. The van der Waals surface area contributed by atoms with E-state index in [9.17, 15) is 14.4 Å². The van der Waals surface area contributed by atoms with Gasteiger partial charge in [-0.1, -0.05) is 0 Å². The van der Waals surface area contributed by atoms with E-state index in [2.05, 4.69) is 20.3 Å². The lowest BCUT2D eigenvalue weighted by Gasteiger charge is -2.39. The van der Waals surface area contributed by atoms with E-state index in [1.807, 2.05) is 65.0 Å². The largest absolute Gasteiger partial charge is 0.444 e. The third-order valence-corrected chi connectivity index (χ3v) is 7.60. The molecule has 0 aliphatic carbocycles. The van der Waals surface area contributed by atoms with Crippen molar-refractivity contribution in [2.24, 2.45) is 12.8 Å². The number of hydrogen-bond acceptors (Lipinski definition) is 7. The molecule has 5 rings (SSSR count). The number of pyridine rings is 1. The maximum Gasteiger partial charge on any atom is 0.410 e. The zero-order valence-corrected chi connectivity index (χ0v) is 25.7. The summed E-state index contributed by atoms with van der Waals surface area (Å²) in [6, 6.07) is 5.60. The van der Waals surface area contributed by atoms with Crippen molar-refractivity contribution in [3.63, 3.8) is 0 Å². The Hall–Kier alpha value is -4.61. The number of imidazole rings is 1. The Balaban J connectivity index is 1.36. The van der Waals surface area contributed by atoms with Crippen LogP contribution < -0.4 is 16.0 Å². The number of nitrogens with two attached hydrogens (primary N) is 1. The highest BCUT2D eigenvalue weighted by Gasteiger charge is 2.31. The minimum atomic E-state index is -0.539. The topological polar surface area (TPSA) is 140 Å². The average Bonchev–Trinajstić information content (AvgIpc) is 3.49. The molecule has 3 amide bonds. The lowest BCUT2D eigenvalue weighted by molar-refractivity contribution is -0.117. The number of nitrogens with one attached hydrogen (secondary N) is 1. The molecule has 1 aliphatic rings. The van der Waals surface area contributed by atoms with Crippen LogP contribution in [0.2, 0.25) is 0 Å². The van der Waals surface area contributed by atoms with Crippen molar-refractivity contribution in [1.29, 1.82) is 0 Å². The minimum absolute atomic E-state index is 0.00727. The molecule has 12 heteroatoms. The molecular formula is C31H40N8O4. The molecule has 1 saturated heterocycles. The van der Waals surface area contributed by atoms with Crippen LogP contribution in [0.4, 0.5) is 16.2 Å². The molecule has 4 heterocycles. The van der Waals surface area contributed by atoms with Gasteiger partial charge in [0.15, 0.2) is 0 Å². The Bertz CT molecular complexity index is 1690. The predicted octanol–water partition coefficient (Wildman–Crippen LogP) is 4.04. The van der Waals surface area contributed by atoms with Gasteiger partial charge in [0.05, 0.1) is 23.4 Å². The summed E-state index contributed by atoms with van der Waals surface area (Å²) in [4.78, 5) is 46.7. The summed E-state index contributed by atoms with van der Waals surface area (Å²) in [5.74, 6) is -0.792. The zero-order chi connectivity index (χ0) is 31.1. The number of benzene rings is 1. The minimum Gasteiger partial charge on any atom is -0.444 e. The number of nitrogens with zero attached hydrogens (tertiary/aromatic N) is 6. The number of amides is 3. The maximum absolute atomic E-state index is 13.6. The molecule has 12 nitrogen and oxygen atoms in total. The van der Waals surface area contributed by atoms with Gasteiger partial charge < -0.3 is 30.0 Å². The second-order valence-electron chi connectivity index (χ2n) is 12.1. The summed E-state index contributed by atoms with van der Waals surface area (Å²) in [5, 5.41) is 8.49. The predicted molar refractivity (Wildman–Crippen MR) is 165 cm³/mol. The molecule has 1 aliphatic heterocycles. The van der Waals surface area contributed by atoms with E-state index in [-0.39, 0.29) is 24.5 Å². The van der Waals surface area contributed by atoms with Crippen LogP contribution in [-0.2, 0) is 23.0 Å². The number of fused-ring (bicyclic) bond motifs is 2. The fourth-order valence-corrected chi connectivity index (χ4v) is 5.82. The smallest absolute Gasteiger partial charge is 0.410 e. The van der Waals surface area contributed by atoms with Gasteiger partial charge in [-0.25, -0.2) is 9.78 Å². The molecule has 3 N–H and O–H groups in total. The van der Waals surface area contributed by atoms with E-state index in [4.69, 9.17) is 10.5 Å². The normalized spacial score (nSPS) is 14.3. The van der Waals surface area contributed by atoms with E-state index in [0.717, 1.165) is 42.7 Å². The molecule has 43 heavy (non-hydrogen) atoms. The Kier molecular flexibility index (Phi) is 8.04. The molecule has 0 bridgehead atoms. The molecule has 0 radical (unpaired) electrons. The number of aromatic nitrogens is 4. The monoisotopic (exact) mass is 588 g/mol. The quantitative estimate of drug-likeness (QED) is 0.332. The first kappa shape index (κ1) is 29.9. The fourth-order valence-electron chi connectivity index (χ4n) is 5.82. The Morgan fingerprint density at radius 2 is 1.86 bits per heavy atom. The van der Waals surface area contributed by atoms with Crippen LogP contribution in [-0.4, -0.2) is 73.2 Å². The first-order chi connectivity index (χ1) is 20.3. The molecular weight excluding hydrogens is 548 g/mol. The van der Waals surface area contributed by atoms with Crippen LogP contribution in [0.25, 0.3) is 16.6 Å². The molecule has 0 atom stereocenters.